The molecular formula is C19H17NO3S. The highest BCUT2D eigenvalue weighted by Gasteiger charge is 2.22. The van der Waals surface area contributed by atoms with E-state index in [9.17, 15) is 9.90 Å². The minimum Gasteiger partial charge on any atom is -0.497 e. The summed E-state index contributed by atoms with van der Waals surface area (Å²) in [6.45, 7) is 0. The largest absolute Gasteiger partial charge is 0.497 e. The number of aliphatic carboxylic acids is 1. The maximum Gasteiger partial charge on any atom is 0.321 e. The Kier molecular flexibility index (Phi) is 4.91. The van der Waals surface area contributed by atoms with Gasteiger partial charge in [0.15, 0.2) is 0 Å². The fourth-order valence-electron chi connectivity index (χ4n) is 2.43. The molecule has 0 bridgehead atoms. The second-order valence-corrected chi connectivity index (χ2v) is 6.31. The summed E-state index contributed by atoms with van der Waals surface area (Å²) in [5.74, 6) is -0.159. The molecule has 0 aliphatic rings. The highest BCUT2D eigenvalue weighted by Crippen LogP contribution is 2.38. The van der Waals surface area contributed by atoms with Gasteiger partial charge in [-0.15, -0.1) is 11.8 Å². The number of methoxy groups -OCH3 is 1. The fourth-order valence-corrected chi connectivity index (χ4v) is 3.53. The monoisotopic (exact) mass is 339 g/mol. The lowest BCUT2D eigenvalue weighted by Gasteiger charge is -2.16. The molecule has 24 heavy (non-hydrogen) atoms. The predicted molar refractivity (Wildman–Crippen MR) is 95.0 cm³/mol. The van der Waals surface area contributed by atoms with E-state index >= 15 is 0 Å². The lowest BCUT2D eigenvalue weighted by atomic mass is 10.1. The Bertz CT molecular complexity index is 813. The van der Waals surface area contributed by atoms with Crippen molar-refractivity contribution in [1.29, 1.82) is 0 Å². The summed E-state index contributed by atoms with van der Waals surface area (Å²) < 4.78 is 7.12. The van der Waals surface area contributed by atoms with Crippen molar-refractivity contribution in [3.05, 3.63) is 78.6 Å². The Hall–Kier alpha value is -2.66. The van der Waals surface area contributed by atoms with Crippen LogP contribution >= 0.6 is 11.8 Å². The molecule has 1 aromatic heterocycles. The number of carboxylic acid groups (broad SMARTS) is 1. The number of thioether (sulfide) groups is 1. The van der Waals surface area contributed by atoms with E-state index in [4.69, 9.17) is 4.74 Å². The summed E-state index contributed by atoms with van der Waals surface area (Å²) in [5, 5.41) is 8.99. The Morgan fingerprint density at radius 1 is 1.04 bits per heavy atom. The summed E-state index contributed by atoms with van der Waals surface area (Å²) >= 11 is 1.33. The molecule has 1 unspecified atom stereocenters. The van der Waals surface area contributed by atoms with Crippen LogP contribution in [0.1, 0.15) is 10.8 Å². The van der Waals surface area contributed by atoms with Crippen molar-refractivity contribution in [2.75, 3.05) is 7.11 Å². The SMILES string of the molecule is COc1ccc(C(Sc2ccccc2-n2cccc2)C(=O)O)cc1. The van der Waals surface area contributed by atoms with Crippen LogP contribution in [0.25, 0.3) is 5.69 Å². The third-order valence-electron chi connectivity index (χ3n) is 3.64. The summed E-state index contributed by atoms with van der Waals surface area (Å²) in [5.41, 5.74) is 1.70. The van der Waals surface area contributed by atoms with Crippen LogP contribution in [0.15, 0.2) is 78.0 Å². The molecule has 0 radical (unpaired) electrons. The Labute approximate surface area is 144 Å². The van der Waals surface area contributed by atoms with Crippen LogP contribution in [0.4, 0.5) is 0 Å². The highest BCUT2D eigenvalue weighted by molar-refractivity contribution is 8.00. The molecule has 0 amide bonds. The van der Waals surface area contributed by atoms with Crippen LogP contribution < -0.4 is 4.74 Å². The van der Waals surface area contributed by atoms with Crippen molar-refractivity contribution in [2.24, 2.45) is 0 Å². The lowest BCUT2D eigenvalue weighted by Crippen LogP contribution is -2.08. The van der Waals surface area contributed by atoms with E-state index in [1.165, 1.54) is 11.8 Å². The molecule has 122 valence electrons. The van der Waals surface area contributed by atoms with Gasteiger partial charge < -0.3 is 14.4 Å². The first kappa shape index (κ1) is 16.2. The van der Waals surface area contributed by atoms with Crippen LogP contribution in [-0.2, 0) is 4.79 Å². The van der Waals surface area contributed by atoms with Crippen molar-refractivity contribution in [2.45, 2.75) is 10.1 Å². The topological polar surface area (TPSA) is 51.5 Å². The second kappa shape index (κ2) is 7.27. The number of carboxylic acids is 1. The van der Waals surface area contributed by atoms with Crippen molar-refractivity contribution < 1.29 is 14.6 Å². The molecule has 0 fully saturated rings. The summed E-state index contributed by atoms with van der Waals surface area (Å²) in [4.78, 5) is 12.7. The Balaban J connectivity index is 1.93. The molecule has 5 heteroatoms. The van der Waals surface area contributed by atoms with Gasteiger partial charge in [-0.1, -0.05) is 24.3 Å². The first-order valence-corrected chi connectivity index (χ1v) is 8.33. The maximum absolute atomic E-state index is 11.8. The first-order valence-electron chi connectivity index (χ1n) is 7.45. The average molecular weight is 339 g/mol. The second-order valence-electron chi connectivity index (χ2n) is 5.17. The fraction of sp³-hybridized carbons (Fsp3) is 0.105. The van der Waals surface area contributed by atoms with Crippen molar-refractivity contribution >= 4 is 17.7 Å². The van der Waals surface area contributed by atoms with E-state index in [0.29, 0.717) is 5.75 Å². The molecule has 1 N–H and O–H groups in total. The van der Waals surface area contributed by atoms with E-state index in [-0.39, 0.29) is 0 Å². The van der Waals surface area contributed by atoms with Crippen molar-refractivity contribution in [1.82, 2.24) is 4.57 Å². The molecule has 0 spiro atoms. The van der Waals surface area contributed by atoms with Gasteiger partial charge in [0.25, 0.3) is 0 Å². The standard InChI is InChI=1S/C19H17NO3S/c1-23-15-10-8-14(9-11-15)18(19(21)22)24-17-7-3-2-6-16(17)20-12-4-5-13-20/h2-13,18H,1H3,(H,21,22). The van der Waals surface area contributed by atoms with Crippen molar-refractivity contribution in [3.63, 3.8) is 0 Å². The van der Waals surface area contributed by atoms with Crippen LogP contribution in [0.3, 0.4) is 0 Å². The zero-order chi connectivity index (χ0) is 16.9. The van der Waals surface area contributed by atoms with Gasteiger partial charge in [0.1, 0.15) is 11.0 Å². The first-order chi connectivity index (χ1) is 11.7. The zero-order valence-electron chi connectivity index (χ0n) is 13.1. The number of hydrogen-bond acceptors (Lipinski definition) is 3. The molecule has 3 aromatic rings. The number of nitrogens with zero attached hydrogens (tertiary/aromatic N) is 1. The van der Waals surface area contributed by atoms with E-state index in [0.717, 1.165) is 16.1 Å². The third-order valence-corrected chi connectivity index (χ3v) is 4.94. The molecule has 0 aliphatic heterocycles. The summed E-state index contributed by atoms with van der Waals surface area (Å²) in [7, 11) is 1.59. The van der Waals surface area contributed by atoms with E-state index < -0.39 is 11.2 Å². The van der Waals surface area contributed by atoms with Gasteiger partial charge in [0.2, 0.25) is 0 Å². The Morgan fingerprint density at radius 3 is 2.33 bits per heavy atom. The van der Waals surface area contributed by atoms with Crippen molar-refractivity contribution in [3.8, 4) is 11.4 Å². The van der Waals surface area contributed by atoms with E-state index in [1.807, 2.05) is 53.4 Å². The minimum atomic E-state index is -0.868. The normalized spacial score (nSPS) is 11.9. The average Bonchev–Trinajstić information content (AvgIpc) is 3.14. The number of para-hydroxylation sites is 1. The van der Waals surface area contributed by atoms with Crippen LogP contribution in [0, 0.1) is 0 Å². The molecular weight excluding hydrogens is 322 g/mol. The van der Waals surface area contributed by atoms with Crippen LogP contribution in [-0.4, -0.2) is 22.8 Å². The van der Waals surface area contributed by atoms with Gasteiger partial charge in [-0.25, -0.2) is 0 Å². The highest BCUT2D eigenvalue weighted by atomic mass is 32.2. The van der Waals surface area contributed by atoms with E-state index in [1.54, 1.807) is 31.4 Å². The number of hydrogen-bond donors (Lipinski definition) is 1. The van der Waals surface area contributed by atoms with Gasteiger partial charge >= 0.3 is 5.97 Å². The number of aromatic nitrogens is 1. The molecule has 0 saturated carbocycles. The third kappa shape index (κ3) is 3.46. The smallest absolute Gasteiger partial charge is 0.321 e. The molecule has 1 atom stereocenters. The summed E-state index contributed by atoms with van der Waals surface area (Å²) in [6, 6.07) is 18.8. The zero-order valence-corrected chi connectivity index (χ0v) is 13.9. The lowest BCUT2D eigenvalue weighted by molar-refractivity contribution is -0.136. The van der Waals surface area contributed by atoms with Gasteiger partial charge in [-0.3, -0.25) is 4.79 Å². The number of carbonyl (C=O) groups is 1. The Morgan fingerprint density at radius 2 is 1.71 bits per heavy atom. The summed E-state index contributed by atoms with van der Waals surface area (Å²) in [6.07, 6.45) is 3.89. The maximum atomic E-state index is 11.8. The quantitative estimate of drug-likeness (QED) is 0.676. The van der Waals surface area contributed by atoms with E-state index in [2.05, 4.69) is 0 Å². The van der Waals surface area contributed by atoms with Crippen LogP contribution in [0.2, 0.25) is 0 Å². The molecule has 3 rings (SSSR count). The van der Waals surface area contributed by atoms with Crippen LogP contribution in [0.5, 0.6) is 5.75 Å². The molecule has 4 nitrogen and oxygen atoms in total. The van der Waals surface area contributed by atoms with Gasteiger partial charge in [-0.05, 0) is 42.0 Å². The number of rotatable bonds is 6. The number of ether oxygens (including phenoxy) is 1. The van der Waals surface area contributed by atoms with Gasteiger partial charge in [0.05, 0.1) is 12.8 Å². The predicted octanol–water partition coefficient (Wildman–Crippen LogP) is 4.40. The molecule has 1 heterocycles. The molecule has 2 aromatic carbocycles. The number of benzene rings is 2. The van der Waals surface area contributed by atoms with Gasteiger partial charge in [-0.2, -0.15) is 0 Å². The minimum absolute atomic E-state index is 0.687. The molecule has 0 aliphatic carbocycles. The molecule has 0 saturated heterocycles. The van der Waals surface area contributed by atoms with Gasteiger partial charge in [0, 0.05) is 17.3 Å².